The van der Waals surface area contributed by atoms with Crippen LogP contribution in [0.2, 0.25) is 0 Å². The molecule has 0 atom stereocenters. The molecule has 0 unspecified atom stereocenters. The summed E-state index contributed by atoms with van der Waals surface area (Å²) in [4.78, 5) is 41.1. The van der Waals surface area contributed by atoms with E-state index in [9.17, 15) is 14.5 Å². The molecule has 28 heavy (non-hydrogen) atoms. The second-order valence-electron chi connectivity index (χ2n) is 7.43. The number of hydrogen-bond acceptors (Lipinski definition) is 8. The van der Waals surface area contributed by atoms with E-state index >= 15 is 0 Å². The van der Waals surface area contributed by atoms with Crippen LogP contribution in [0.5, 0.6) is 0 Å². The number of carbonyl (C=O) groups is 2. The molecule has 0 aromatic rings. The molecule has 4 aliphatic rings. The molecular weight excluding hydrogens is 379 g/mol. The summed E-state index contributed by atoms with van der Waals surface area (Å²) in [5.74, 6) is 0.456. The van der Waals surface area contributed by atoms with Crippen molar-refractivity contribution in [1.29, 1.82) is 0 Å². The van der Waals surface area contributed by atoms with Crippen molar-refractivity contribution in [2.45, 2.75) is 38.5 Å². The van der Waals surface area contributed by atoms with E-state index in [4.69, 9.17) is 10.1 Å². The number of hydrogen-bond donors (Lipinski definition) is 3. The van der Waals surface area contributed by atoms with Gasteiger partial charge in [-0.25, -0.2) is 0 Å². The van der Waals surface area contributed by atoms with Gasteiger partial charge in [0.15, 0.2) is 0 Å². The maximum Gasteiger partial charge on any atom is 1.00 e. The zero-order chi connectivity index (χ0) is 19.8. The van der Waals surface area contributed by atoms with E-state index in [2.05, 4.69) is 21.2 Å². The molecule has 0 bridgehead atoms. The maximum absolute atomic E-state index is 11.5. The molecule has 3 N–H and O–H groups in total. The van der Waals surface area contributed by atoms with Crippen LogP contribution >= 0.6 is 0 Å². The molecule has 0 aliphatic carbocycles. The second-order valence-corrected chi connectivity index (χ2v) is 7.43. The minimum Gasteiger partial charge on any atom is -0.444 e. The van der Waals surface area contributed by atoms with Crippen molar-refractivity contribution in [1.82, 2.24) is 21.0 Å². The average Bonchev–Trinajstić information content (AvgIpc) is 3.21. The van der Waals surface area contributed by atoms with Gasteiger partial charge in [-0.1, -0.05) is 0 Å². The average molecular weight is 406 g/mol. The van der Waals surface area contributed by atoms with Crippen LogP contribution in [0.25, 0.3) is 0 Å². The topological polar surface area (TPSA) is 155 Å². The molecule has 4 saturated heterocycles. The zero-order valence-electron chi connectivity index (χ0n) is 16.4. The Kier molecular flexibility index (Phi) is 10.3. The minimum absolute atomic E-state index is 0. The van der Waals surface area contributed by atoms with Gasteiger partial charge in [-0.3, -0.25) is 14.6 Å². The summed E-state index contributed by atoms with van der Waals surface area (Å²) in [5, 5.41) is 22.4. The summed E-state index contributed by atoms with van der Waals surface area (Å²) in [5.41, 5.74) is -0.160. The summed E-state index contributed by atoms with van der Waals surface area (Å²) in [6.45, 7) is 4.93. The number of amides is 2. The third kappa shape index (κ3) is 5.85. The van der Waals surface area contributed by atoms with Crippen molar-refractivity contribution in [3.05, 3.63) is 15.0 Å². The summed E-state index contributed by atoms with van der Waals surface area (Å²) in [6.07, 6.45) is 5.55. The predicted octanol–water partition coefficient (Wildman–Crippen LogP) is -2.60. The molecule has 11 nitrogen and oxygen atoms in total. The normalized spacial score (nSPS) is 23.9. The molecule has 0 aromatic heterocycles. The summed E-state index contributed by atoms with van der Waals surface area (Å²) in [6, 6.07) is 0. The SMILES string of the molecule is O=C1NCCC12CCNCC2.O=NN1CCC2(CCNC2=O)CC1.O=N[O-].[Na+]. The molecule has 0 radical (unpaired) electrons. The van der Waals surface area contributed by atoms with Crippen LogP contribution in [-0.4, -0.2) is 56.1 Å². The van der Waals surface area contributed by atoms with Crippen molar-refractivity contribution >= 4 is 11.8 Å². The van der Waals surface area contributed by atoms with Crippen LogP contribution in [0.15, 0.2) is 10.6 Å². The fourth-order valence-electron chi connectivity index (χ4n) is 4.30. The molecule has 2 spiro atoms. The molecule has 12 heteroatoms. The quantitative estimate of drug-likeness (QED) is 0.245. The van der Waals surface area contributed by atoms with Crippen LogP contribution in [-0.2, 0) is 9.59 Å². The minimum atomic E-state index is -0.179. The molecule has 4 aliphatic heterocycles. The number of nitroso groups, excluding NO2 is 1. The van der Waals surface area contributed by atoms with Crippen molar-refractivity contribution in [3.8, 4) is 0 Å². The van der Waals surface area contributed by atoms with Crippen LogP contribution in [0.4, 0.5) is 0 Å². The first-order valence-corrected chi connectivity index (χ1v) is 9.32. The first kappa shape index (κ1) is 24.7. The summed E-state index contributed by atoms with van der Waals surface area (Å²) >= 11 is 0. The first-order chi connectivity index (χ1) is 13.0. The van der Waals surface area contributed by atoms with Gasteiger partial charge in [-0.15, -0.1) is 10.2 Å². The van der Waals surface area contributed by atoms with Gasteiger partial charge in [0.05, 0.1) is 16.1 Å². The molecular formula is C16H27N6NaO5. The van der Waals surface area contributed by atoms with Crippen molar-refractivity contribution in [2.75, 3.05) is 39.3 Å². The standard InChI is InChI=1S/C8H13N3O2.C8H14N2O.HNO2.Na/c12-7-8(1-4-9-7)2-5-11(10-13)6-3-8;11-7-8(3-6-10-7)1-4-9-5-2-8;2-1-3;/h1-6H2,(H,9,12);9H,1-6H2,(H,10,11);(H,2,3);/q;;;+1/p-1. The van der Waals surface area contributed by atoms with Gasteiger partial charge >= 0.3 is 29.6 Å². The Balaban J connectivity index is 0.000000241. The third-order valence-electron chi connectivity index (χ3n) is 6.11. The Morgan fingerprint density at radius 1 is 0.786 bits per heavy atom. The summed E-state index contributed by atoms with van der Waals surface area (Å²) < 4.78 is 0. The Bertz CT molecular complexity index is 550. The Labute approximate surface area is 185 Å². The van der Waals surface area contributed by atoms with Crippen molar-refractivity contribution in [3.63, 3.8) is 0 Å². The summed E-state index contributed by atoms with van der Waals surface area (Å²) in [7, 11) is 0. The van der Waals surface area contributed by atoms with Crippen LogP contribution in [0, 0.1) is 25.9 Å². The number of piperidine rings is 2. The fraction of sp³-hybridized carbons (Fsp3) is 0.875. The van der Waals surface area contributed by atoms with Gasteiger partial charge in [0.2, 0.25) is 11.8 Å². The molecule has 152 valence electrons. The first-order valence-electron chi connectivity index (χ1n) is 9.32. The number of carbonyl (C=O) groups excluding carboxylic acids is 2. The van der Waals surface area contributed by atoms with E-state index in [1.807, 2.05) is 0 Å². The number of nitrogens with zero attached hydrogens (tertiary/aromatic N) is 3. The number of nitrogens with one attached hydrogen (secondary N) is 3. The smallest absolute Gasteiger partial charge is 0.444 e. The Morgan fingerprint density at radius 2 is 1.18 bits per heavy atom. The van der Waals surface area contributed by atoms with Gasteiger partial charge in [0.25, 0.3) is 0 Å². The van der Waals surface area contributed by atoms with Gasteiger partial charge in [-0.05, 0) is 51.6 Å². The van der Waals surface area contributed by atoms with Crippen molar-refractivity contribution in [2.24, 2.45) is 21.5 Å². The van der Waals surface area contributed by atoms with Crippen LogP contribution in [0.3, 0.4) is 0 Å². The van der Waals surface area contributed by atoms with Gasteiger partial charge in [0.1, 0.15) is 0 Å². The molecule has 4 fully saturated rings. The maximum atomic E-state index is 11.5. The number of rotatable bonds is 1. The predicted molar refractivity (Wildman–Crippen MR) is 98.0 cm³/mol. The van der Waals surface area contributed by atoms with E-state index in [-0.39, 0.29) is 46.3 Å². The molecule has 0 aromatic carbocycles. The van der Waals surface area contributed by atoms with Crippen molar-refractivity contribution < 1.29 is 39.1 Å². The van der Waals surface area contributed by atoms with Crippen LogP contribution < -0.4 is 45.5 Å². The molecule has 4 heterocycles. The second kappa shape index (κ2) is 11.6. The van der Waals surface area contributed by atoms with E-state index < -0.39 is 0 Å². The van der Waals surface area contributed by atoms with E-state index in [0.717, 1.165) is 70.0 Å². The van der Waals surface area contributed by atoms with Gasteiger partial charge in [-0.2, -0.15) is 0 Å². The van der Waals surface area contributed by atoms with E-state index in [1.165, 1.54) is 5.01 Å². The third-order valence-corrected chi connectivity index (χ3v) is 6.11. The van der Waals surface area contributed by atoms with Gasteiger partial charge in [0, 0.05) is 26.2 Å². The molecule has 4 rings (SSSR count). The van der Waals surface area contributed by atoms with Gasteiger partial charge < -0.3 is 26.1 Å². The zero-order valence-corrected chi connectivity index (χ0v) is 18.4. The molecule has 0 saturated carbocycles. The van der Waals surface area contributed by atoms with Crippen LogP contribution in [0.1, 0.15) is 38.5 Å². The Hall–Kier alpha value is -1.30. The van der Waals surface area contributed by atoms with E-state index in [1.54, 1.807) is 0 Å². The molecule has 2 amide bonds. The fourth-order valence-corrected chi connectivity index (χ4v) is 4.30. The Morgan fingerprint density at radius 3 is 1.54 bits per heavy atom. The largest absolute Gasteiger partial charge is 1.00 e. The monoisotopic (exact) mass is 406 g/mol. The van der Waals surface area contributed by atoms with E-state index in [0.29, 0.717) is 19.0 Å².